The maximum Gasteiger partial charge on any atom is 0.549 e. The van der Waals surface area contributed by atoms with Crippen molar-refractivity contribution in [3.8, 4) is 0 Å². The van der Waals surface area contributed by atoms with Crippen LogP contribution in [-0.2, 0) is 13.7 Å². The second-order valence-corrected chi connectivity index (χ2v) is 1.16. The van der Waals surface area contributed by atoms with Crippen molar-refractivity contribution in [2.75, 3.05) is 0 Å². The molecule has 0 aromatic carbocycles. The molecular weight excluding hydrogens is 112 g/mol. The fraction of sp³-hybridized carbons (Fsp3) is 0.667. The average molecular weight is 118 g/mol. The van der Waals surface area contributed by atoms with Gasteiger partial charge in [-0.25, -0.2) is 0 Å². The minimum atomic E-state index is -1.42. The zero-order valence-corrected chi connectivity index (χ0v) is 5.22. The number of hydrogen-bond donors (Lipinski definition) is 0. The molecule has 0 radical (unpaired) electrons. The molecule has 0 spiro atoms. The summed E-state index contributed by atoms with van der Waals surface area (Å²) in [4.78, 5) is 9.44. The molecule has 7 heavy (non-hydrogen) atoms. The van der Waals surface area contributed by atoms with Crippen molar-refractivity contribution in [2.24, 2.45) is 0 Å². The Labute approximate surface area is 43.7 Å². The van der Waals surface area contributed by atoms with Crippen LogP contribution in [0.1, 0.15) is 13.8 Å². The van der Waals surface area contributed by atoms with E-state index in [1.54, 1.807) is 0 Å². The van der Waals surface area contributed by atoms with Crippen molar-refractivity contribution in [2.45, 2.75) is 13.8 Å². The monoisotopic (exact) mass is 118 g/mol. The highest BCUT2D eigenvalue weighted by Gasteiger charge is 1.62. The van der Waals surface area contributed by atoms with Crippen molar-refractivity contribution >= 4 is 15.1 Å². The third kappa shape index (κ3) is 253. The molecule has 0 rings (SSSR count). The molecule has 0 unspecified atom stereocenters. The summed E-state index contributed by atoms with van der Waals surface area (Å²) in [6, 6.07) is 0. The Kier molecular flexibility index (Phi) is 12.6. The summed E-state index contributed by atoms with van der Waals surface area (Å²) in [5.74, 6) is 0.167. The highest BCUT2D eigenvalue weighted by atomic mass is 28.2. The van der Waals surface area contributed by atoms with Crippen molar-refractivity contribution in [3.63, 3.8) is 0 Å². The van der Waals surface area contributed by atoms with Gasteiger partial charge in [0, 0.05) is 0 Å². The zero-order valence-electron chi connectivity index (χ0n) is 4.22. The van der Waals surface area contributed by atoms with Crippen LogP contribution >= 0.6 is 0 Å². The molecule has 0 aliphatic carbocycles. The smallest absolute Gasteiger partial charge is 0.300 e. The Morgan fingerprint density at radius 1 is 1.29 bits per heavy atom. The van der Waals surface area contributed by atoms with E-state index in [0.29, 0.717) is 0 Å². The summed E-state index contributed by atoms with van der Waals surface area (Å²) >= 11 is 0. The van der Waals surface area contributed by atoms with Crippen molar-refractivity contribution in [3.05, 3.63) is 0 Å². The molecule has 0 aromatic rings. The fourth-order valence-electron chi connectivity index (χ4n) is 0. The fourth-order valence-corrected chi connectivity index (χ4v) is 0. The molecule has 0 atom stereocenters. The van der Waals surface area contributed by atoms with Gasteiger partial charge in [-0.3, -0.25) is 8.92 Å². The van der Waals surface area contributed by atoms with Crippen LogP contribution < -0.4 is 0 Å². The molecule has 0 aliphatic heterocycles. The second-order valence-electron chi connectivity index (χ2n) is 0.992. The van der Waals surface area contributed by atoms with E-state index in [-0.39, 0.29) is 5.78 Å². The van der Waals surface area contributed by atoms with E-state index in [4.69, 9.17) is 8.92 Å². The number of hydrogen-bond acceptors (Lipinski definition) is 3. The van der Waals surface area contributed by atoms with Crippen LogP contribution in [0.15, 0.2) is 0 Å². The molecule has 0 amide bonds. The van der Waals surface area contributed by atoms with Crippen LogP contribution in [0.2, 0.25) is 0 Å². The molecule has 0 aliphatic rings. The lowest BCUT2D eigenvalue weighted by molar-refractivity contribution is -0.114. The quantitative estimate of drug-likeness (QED) is 0.420. The van der Waals surface area contributed by atoms with Gasteiger partial charge in [0.15, 0.2) is 0 Å². The minimum absolute atomic E-state index is 0.167. The molecule has 0 fully saturated rings. The molecular formula is C3H6O3Si. The number of rotatable bonds is 0. The van der Waals surface area contributed by atoms with E-state index in [2.05, 4.69) is 0 Å². The molecule has 0 aromatic heterocycles. The van der Waals surface area contributed by atoms with E-state index < -0.39 is 9.29 Å². The summed E-state index contributed by atoms with van der Waals surface area (Å²) in [6.07, 6.45) is 0. The summed E-state index contributed by atoms with van der Waals surface area (Å²) in [7, 11) is -1.42. The highest BCUT2D eigenvalue weighted by molar-refractivity contribution is 5.94. The SMILES string of the molecule is CC(C)=O.O=[Si]=O. The first-order valence-electron chi connectivity index (χ1n) is 1.61. The van der Waals surface area contributed by atoms with Crippen molar-refractivity contribution < 1.29 is 13.7 Å². The zero-order chi connectivity index (χ0) is 6.28. The largest absolute Gasteiger partial charge is 0.549 e. The van der Waals surface area contributed by atoms with E-state index in [0.717, 1.165) is 0 Å². The third-order valence-electron chi connectivity index (χ3n) is 0. The van der Waals surface area contributed by atoms with Crippen LogP contribution in [-0.4, -0.2) is 15.1 Å². The molecule has 0 saturated heterocycles. The maximum absolute atomic E-state index is 9.44. The summed E-state index contributed by atoms with van der Waals surface area (Å²) in [5, 5.41) is 0. The van der Waals surface area contributed by atoms with Gasteiger partial charge in [-0.05, 0) is 13.8 Å². The van der Waals surface area contributed by atoms with Gasteiger partial charge in [-0.1, -0.05) is 0 Å². The van der Waals surface area contributed by atoms with Crippen LogP contribution in [0, 0.1) is 0 Å². The van der Waals surface area contributed by atoms with Gasteiger partial charge < -0.3 is 4.79 Å². The summed E-state index contributed by atoms with van der Waals surface area (Å²) in [5.41, 5.74) is 0. The minimum Gasteiger partial charge on any atom is -0.300 e. The molecule has 40 valence electrons. The molecule has 4 heteroatoms. The number of ketones is 1. The Hall–Kier alpha value is -0.513. The van der Waals surface area contributed by atoms with Crippen LogP contribution in [0.5, 0.6) is 0 Å². The first-order chi connectivity index (χ1) is 3.15. The van der Waals surface area contributed by atoms with Gasteiger partial charge in [-0.2, -0.15) is 0 Å². The predicted octanol–water partition coefficient (Wildman–Crippen LogP) is -0.0231. The van der Waals surface area contributed by atoms with Gasteiger partial charge in [0.05, 0.1) is 0 Å². The maximum atomic E-state index is 9.44. The van der Waals surface area contributed by atoms with Crippen LogP contribution in [0.4, 0.5) is 0 Å². The molecule has 0 heterocycles. The van der Waals surface area contributed by atoms with Gasteiger partial charge in [0.2, 0.25) is 0 Å². The van der Waals surface area contributed by atoms with Gasteiger partial charge in [0.1, 0.15) is 5.78 Å². The Bertz CT molecular complexity index is 78.2. The summed E-state index contributed by atoms with van der Waals surface area (Å²) < 4.78 is 16.8. The molecule has 0 bridgehead atoms. The van der Waals surface area contributed by atoms with E-state index in [1.807, 2.05) is 0 Å². The lowest BCUT2D eigenvalue weighted by Gasteiger charge is -1.56. The number of Topliss-reactive ketones (excluding diaryl/α,β-unsaturated/α-hetero) is 1. The molecule has 0 N–H and O–H groups in total. The van der Waals surface area contributed by atoms with E-state index in [1.165, 1.54) is 13.8 Å². The van der Waals surface area contributed by atoms with Gasteiger partial charge in [0.25, 0.3) is 0 Å². The van der Waals surface area contributed by atoms with E-state index in [9.17, 15) is 4.79 Å². The Morgan fingerprint density at radius 2 is 1.29 bits per heavy atom. The van der Waals surface area contributed by atoms with Crippen molar-refractivity contribution in [1.29, 1.82) is 0 Å². The number of carbonyl (C=O) groups is 1. The van der Waals surface area contributed by atoms with Crippen LogP contribution in [0.25, 0.3) is 0 Å². The Balaban J connectivity index is 0. The Morgan fingerprint density at radius 3 is 1.29 bits per heavy atom. The third-order valence-corrected chi connectivity index (χ3v) is 0. The first kappa shape index (κ1) is 9.70. The van der Waals surface area contributed by atoms with Crippen molar-refractivity contribution in [1.82, 2.24) is 0 Å². The number of carbonyl (C=O) groups excluding carboxylic acids is 1. The first-order valence-corrected chi connectivity index (χ1v) is 2.43. The summed E-state index contributed by atoms with van der Waals surface area (Å²) in [6.45, 7) is 3.06. The normalized spacial score (nSPS) is 4.86. The predicted molar refractivity (Wildman–Crippen MR) is 23.5 cm³/mol. The van der Waals surface area contributed by atoms with Crippen LogP contribution in [0.3, 0.4) is 0 Å². The topological polar surface area (TPSA) is 51.2 Å². The van der Waals surface area contributed by atoms with Gasteiger partial charge >= 0.3 is 9.29 Å². The van der Waals surface area contributed by atoms with E-state index >= 15 is 0 Å². The lowest BCUT2D eigenvalue weighted by Crippen LogP contribution is -1.69. The lowest BCUT2D eigenvalue weighted by atomic mass is 10.6. The second kappa shape index (κ2) is 9.09. The molecule has 3 nitrogen and oxygen atoms in total. The standard InChI is InChI=1S/C3H6O.O2Si/c1-3(2)4;1-3-2/h1-2H3;. The van der Waals surface area contributed by atoms with Gasteiger partial charge in [-0.15, -0.1) is 0 Å². The molecule has 0 saturated carbocycles. The average Bonchev–Trinajstić information content (AvgIpc) is 1.33. The highest BCUT2D eigenvalue weighted by Crippen LogP contribution is 1.50.